The molecule has 0 aliphatic rings. The summed E-state index contributed by atoms with van der Waals surface area (Å²) in [7, 11) is 0. The third-order valence-electron chi connectivity index (χ3n) is 2.67. The highest BCUT2D eigenvalue weighted by Gasteiger charge is 1.97. The molecular formula is C15H17BrN2O. The van der Waals surface area contributed by atoms with Gasteiger partial charge in [0.25, 0.3) is 0 Å². The van der Waals surface area contributed by atoms with E-state index in [0.717, 1.165) is 41.9 Å². The van der Waals surface area contributed by atoms with Crippen molar-refractivity contribution in [2.75, 3.05) is 18.5 Å². The number of hydrogen-bond donors (Lipinski definition) is 1. The van der Waals surface area contributed by atoms with Gasteiger partial charge in [0, 0.05) is 18.9 Å². The fourth-order valence-electron chi connectivity index (χ4n) is 1.68. The van der Waals surface area contributed by atoms with Crippen molar-refractivity contribution in [2.45, 2.75) is 12.8 Å². The van der Waals surface area contributed by atoms with Crippen molar-refractivity contribution < 1.29 is 4.74 Å². The SMILES string of the molecule is Brc1cnccc1NCCCCOc1ccccc1. The van der Waals surface area contributed by atoms with Crippen LogP contribution in [-0.4, -0.2) is 18.1 Å². The van der Waals surface area contributed by atoms with Gasteiger partial charge in [0.2, 0.25) is 0 Å². The number of aromatic nitrogens is 1. The number of nitrogens with one attached hydrogen (secondary N) is 1. The molecule has 0 saturated heterocycles. The Morgan fingerprint density at radius 2 is 1.95 bits per heavy atom. The molecule has 0 radical (unpaired) electrons. The maximum Gasteiger partial charge on any atom is 0.119 e. The molecule has 1 aromatic heterocycles. The van der Waals surface area contributed by atoms with Gasteiger partial charge in [-0.1, -0.05) is 18.2 Å². The molecule has 0 fully saturated rings. The van der Waals surface area contributed by atoms with Gasteiger partial charge in [0.1, 0.15) is 5.75 Å². The minimum absolute atomic E-state index is 0.753. The maximum absolute atomic E-state index is 5.63. The molecule has 1 heterocycles. The molecule has 0 atom stereocenters. The lowest BCUT2D eigenvalue weighted by Crippen LogP contribution is -2.05. The van der Waals surface area contributed by atoms with Gasteiger partial charge in [-0.3, -0.25) is 4.98 Å². The van der Waals surface area contributed by atoms with Crippen molar-refractivity contribution in [3.63, 3.8) is 0 Å². The molecule has 0 bridgehead atoms. The van der Waals surface area contributed by atoms with E-state index in [1.165, 1.54) is 0 Å². The molecule has 2 rings (SSSR count). The van der Waals surface area contributed by atoms with Gasteiger partial charge < -0.3 is 10.1 Å². The van der Waals surface area contributed by atoms with Gasteiger partial charge in [0.05, 0.1) is 16.8 Å². The number of para-hydroxylation sites is 1. The van der Waals surface area contributed by atoms with Crippen molar-refractivity contribution in [3.8, 4) is 5.75 Å². The first kappa shape index (κ1) is 13.9. The molecule has 4 heteroatoms. The Hall–Kier alpha value is -1.55. The number of ether oxygens (including phenoxy) is 1. The number of anilines is 1. The van der Waals surface area contributed by atoms with E-state index in [1.807, 2.05) is 36.4 Å². The van der Waals surface area contributed by atoms with Gasteiger partial charge >= 0.3 is 0 Å². The van der Waals surface area contributed by atoms with Crippen molar-refractivity contribution >= 4 is 21.6 Å². The Labute approximate surface area is 122 Å². The summed E-state index contributed by atoms with van der Waals surface area (Å²) in [5.74, 6) is 0.937. The summed E-state index contributed by atoms with van der Waals surface area (Å²) in [6.45, 7) is 1.68. The molecule has 0 amide bonds. The zero-order valence-electron chi connectivity index (χ0n) is 10.7. The number of benzene rings is 1. The van der Waals surface area contributed by atoms with Crippen molar-refractivity contribution in [1.82, 2.24) is 4.98 Å². The predicted molar refractivity (Wildman–Crippen MR) is 81.6 cm³/mol. The molecule has 0 spiro atoms. The van der Waals surface area contributed by atoms with Crippen LogP contribution in [0.5, 0.6) is 5.75 Å². The van der Waals surface area contributed by atoms with Crippen LogP contribution in [0, 0.1) is 0 Å². The predicted octanol–water partition coefficient (Wildman–Crippen LogP) is 4.12. The average Bonchev–Trinajstić information content (AvgIpc) is 2.45. The maximum atomic E-state index is 5.63. The molecule has 0 unspecified atom stereocenters. The quantitative estimate of drug-likeness (QED) is 0.779. The number of pyridine rings is 1. The number of unbranched alkanes of at least 4 members (excludes halogenated alkanes) is 1. The van der Waals surface area contributed by atoms with Crippen LogP contribution in [0.4, 0.5) is 5.69 Å². The normalized spacial score (nSPS) is 10.2. The standard InChI is InChI=1S/C15H17BrN2O/c16-14-12-17-10-8-15(14)18-9-4-5-11-19-13-6-2-1-3-7-13/h1-3,6-8,10,12H,4-5,9,11H2,(H,17,18). The molecular weight excluding hydrogens is 304 g/mol. The number of halogens is 1. The van der Waals surface area contributed by atoms with Crippen LogP contribution in [0.15, 0.2) is 53.3 Å². The fourth-order valence-corrected chi connectivity index (χ4v) is 2.07. The van der Waals surface area contributed by atoms with Gasteiger partial charge in [-0.2, -0.15) is 0 Å². The first-order valence-electron chi connectivity index (χ1n) is 6.37. The van der Waals surface area contributed by atoms with Crippen molar-refractivity contribution in [3.05, 3.63) is 53.3 Å². The first-order chi connectivity index (χ1) is 9.36. The summed E-state index contributed by atoms with van der Waals surface area (Å²) in [6.07, 6.45) is 5.68. The van der Waals surface area contributed by atoms with E-state index < -0.39 is 0 Å². The van der Waals surface area contributed by atoms with Crippen LogP contribution < -0.4 is 10.1 Å². The van der Waals surface area contributed by atoms with Crippen LogP contribution in [0.1, 0.15) is 12.8 Å². The minimum atomic E-state index is 0.753. The zero-order valence-corrected chi connectivity index (χ0v) is 12.3. The van der Waals surface area contributed by atoms with E-state index in [-0.39, 0.29) is 0 Å². The van der Waals surface area contributed by atoms with Crippen LogP contribution in [-0.2, 0) is 0 Å². The zero-order chi connectivity index (χ0) is 13.3. The van der Waals surface area contributed by atoms with Crippen molar-refractivity contribution in [1.29, 1.82) is 0 Å². The van der Waals surface area contributed by atoms with E-state index >= 15 is 0 Å². The second-order valence-corrected chi connectivity index (χ2v) is 5.01. The number of rotatable bonds is 7. The summed E-state index contributed by atoms with van der Waals surface area (Å²) in [5, 5.41) is 3.37. The third-order valence-corrected chi connectivity index (χ3v) is 3.30. The average molecular weight is 321 g/mol. The summed E-state index contributed by atoms with van der Waals surface area (Å²) in [4.78, 5) is 4.03. The molecule has 1 aromatic carbocycles. The second-order valence-electron chi connectivity index (χ2n) is 4.15. The Kier molecular flexibility index (Phi) is 5.69. The first-order valence-corrected chi connectivity index (χ1v) is 7.17. The molecule has 100 valence electrons. The highest BCUT2D eigenvalue weighted by molar-refractivity contribution is 9.10. The molecule has 2 aromatic rings. The van der Waals surface area contributed by atoms with Crippen molar-refractivity contribution in [2.24, 2.45) is 0 Å². The van der Waals surface area contributed by atoms with Crippen LogP contribution in [0.25, 0.3) is 0 Å². The Morgan fingerprint density at radius 3 is 2.74 bits per heavy atom. The molecule has 0 aliphatic heterocycles. The molecule has 0 saturated carbocycles. The highest BCUT2D eigenvalue weighted by Crippen LogP contribution is 2.19. The van der Waals surface area contributed by atoms with Gasteiger partial charge in [-0.15, -0.1) is 0 Å². The number of nitrogens with zero attached hydrogens (tertiary/aromatic N) is 1. The smallest absolute Gasteiger partial charge is 0.119 e. The molecule has 3 nitrogen and oxygen atoms in total. The monoisotopic (exact) mass is 320 g/mol. The summed E-state index contributed by atoms with van der Waals surface area (Å²) in [5.41, 5.74) is 1.08. The van der Waals surface area contributed by atoms with Crippen LogP contribution in [0.3, 0.4) is 0 Å². The van der Waals surface area contributed by atoms with E-state index in [9.17, 15) is 0 Å². The number of hydrogen-bond acceptors (Lipinski definition) is 3. The lowest BCUT2D eigenvalue weighted by Gasteiger charge is -2.08. The van der Waals surface area contributed by atoms with E-state index in [0.29, 0.717) is 0 Å². The Balaban J connectivity index is 1.59. The molecule has 19 heavy (non-hydrogen) atoms. The fraction of sp³-hybridized carbons (Fsp3) is 0.267. The lowest BCUT2D eigenvalue weighted by molar-refractivity contribution is 0.308. The lowest BCUT2D eigenvalue weighted by atomic mass is 10.3. The van der Waals surface area contributed by atoms with Gasteiger partial charge in [0.15, 0.2) is 0 Å². The topological polar surface area (TPSA) is 34.2 Å². The summed E-state index contributed by atoms with van der Waals surface area (Å²) in [6, 6.07) is 11.9. The largest absolute Gasteiger partial charge is 0.494 e. The van der Waals surface area contributed by atoms with E-state index in [4.69, 9.17) is 4.74 Å². The van der Waals surface area contributed by atoms with Crippen LogP contribution >= 0.6 is 15.9 Å². The van der Waals surface area contributed by atoms with Crippen LogP contribution in [0.2, 0.25) is 0 Å². The molecule has 0 aliphatic carbocycles. The second kappa shape index (κ2) is 7.79. The van der Waals surface area contributed by atoms with E-state index in [2.05, 4.69) is 26.2 Å². The van der Waals surface area contributed by atoms with E-state index in [1.54, 1.807) is 12.4 Å². The minimum Gasteiger partial charge on any atom is -0.494 e. The Bertz CT molecular complexity index is 491. The van der Waals surface area contributed by atoms with Gasteiger partial charge in [-0.05, 0) is 47.0 Å². The molecule has 1 N–H and O–H groups in total. The Morgan fingerprint density at radius 1 is 1.11 bits per heavy atom. The third kappa shape index (κ3) is 4.91. The summed E-state index contributed by atoms with van der Waals surface area (Å²) < 4.78 is 6.63. The van der Waals surface area contributed by atoms with Gasteiger partial charge in [-0.25, -0.2) is 0 Å². The highest BCUT2D eigenvalue weighted by atomic mass is 79.9. The summed E-state index contributed by atoms with van der Waals surface area (Å²) >= 11 is 3.46.